The van der Waals surface area contributed by atoms with Crippen molar-refractivity contribution in [1.82, 2.24) is 20.4 Å². The summed E-state index contributed by atoms with van der Waals surface area (Å²) in [5.74, 6) is 0.869. The normalized spacial score (nSPS) is 10.1. The van der Waals surface area contributed by atoms with E-state index in [1.807, 2.05) is 38.1 Å². The molecule has 0 bridgehead atoms. The Morgan fingerprint density at radius 3 is 1.41 bits per heavy atom. The fraction of sp³-hybridized carbons (Fsp3) is 0.111. The Labute approximate surface area is 196 Å². The molecule has 4 aromatic rings. The number of hydrogen-bond donors (Lipinski definition) is 0. The molecule has 29 heavy (non-hydrogen) atoms. The van der Waals surface area contributed by atoms with Gasteiger partial charge >= 0.3 is 16.8 Å². The van der Waals surface area contributed by atoms with Crippen LogP contribution in [0.1, 0.15) is 11.1 Å². The topological polar surface area (TPSA) is 80.3 Å². The van der Waals surface area contributed by atoms with E-state index in [1.165, 1.54) is 0 Å². The van der Waals surface area contributed by atoms with E-state index in [-0.39, 0.29) is 26.5 Å². The van der Waals surface area contributed by atoms with Gasteiger partial charge in [-0.15, -0.1) is 0 Å². The van der Waals surface area contributed by atoms with Crippen molar-refractivity contribution in [2.45, 2.75) is 13.8 Å². The minimum atomic E-state index is 0. The zero-order valence-electron chi connectivity index (χ0n) is 15.0. The molecule has 6 nitrogen and oxygen atoms in total. The quantitative estimate of drug-likeness (QED) is 0.305. The van der Waals surface area contributed by atoms with Gasteiger partial charge in [0.1, 0.15) is 9.67 Å². The van der Waals surface area contributed by atoms with Crippen LogP contribution >= 0.6 is 47.6 Å². The monoisotopic (exact) mass is 509 g/mol. The molecule has 0 saturated heterocycles. The largest absolute Gasteiger partial charge is 2.00 e. The van der Waals surface area contributed by atoms with Gasteiger partial charge in [-0.1, -0.05) is 47.6 Å². The molecule has 0 aliphatic heterocycles. The van der Waals surface area contributed by atoms with Crippen molar-refractivity contribution < 1.29 is 25.6 Å². The predicted molar refractivity (Wildman–Crippen MR) is 112 cm³/mol. The maximum atomic E-state index is 5.82. The minimum Gasteiger partial charge on any atom is -0.532 e. The Balaban J connectivity index is 0.000000200. The van der Waals surface area contributed by atoms with Crippen molar-refractivity contribution in [2.75, 3.05) is 0 Å². The first-order chi connectivity index (χ1) is 13.3. The molecule has 0 amide bonds. The first-order valence-electron chi connectivity index (χ1n) is 7.87. The summed E-state index contributed by atoms with van der Waals surface area (Å²) in [6, 6.07) is 10.9. The number of nitrogens with zero attached hydrogens (tertiary/aromatic N) is 4. The van der Waals surface area contributed by atoms with Crippen LogP contribution in [0.15, 0.2) is 45.2 Å². The summed E-state index contributed by atoms with van der Waals surface area (Å²) >= 11 is 21.1. The summed E-state index contributed by atoms with van der Waals surface area (Å²) in [6.07, 6.45) is 0. The Hall–Kier alpha value is -1.75. The molecule has 0 atom stereocenters. The van der Waals surface area contributed by atoms with Crippen molar-refractivity contribution in [3.05, 3.63) is 67.2 Å². The zero-order chi connectivity index (χ0) is 20.3. The second-order valence-electron chi connectivity index (χ2n) is 5.66. The standard InChI is InChI=1S/2C9H7ClN2OS.Co/c2*1-5-4-6(10)2-3-7(5)8-11-12-9(14)13-8;/h2*2-4H,1H3,(H,12,14);/q;;+2/p-2. The van der Waals surface area contributed by atoms with Crippen LogP contribution in [0.2, 0.25) is 10.0 Å². The predicted octanol–water partition coefficient (Wildman–Crippen LogP) is 5.98. The van der Waals surface area contributed by atoms with E-state index in [1.54, 1.807) is 12.1 Å². The molecule has 0 spiro atoms. The van der Waals surface area contributed by atoms with E-state index in [0.717, 1.165) is 22.3 Å². The van der Waals surface area contributed by atoms with Crippen molar-refractivity contribution >= 4 is 47.6 Å². The molecule has 1 radical (unpaired) electrons. The summed E-state index contributed by atoms with van der Waals surface area (Å²) in [5.41, 5.74) is 3.68. The van der Waals surface area contributed by atoms with Crippen LogP contribution in [0.3, 0.4) is 0 Å². The molecule has 0 aliphatic carbocycles. The van der Waals surface area contributed by atoms with Gasteiger partial charge in [0.05, 0.1) is 0 Å². The van der Waals surface area contributed by atoms with Gasteiger partial charge in [-0.3, -0.25) is 0 Å². The smallest absolute Gasteiger partial charge is 0.532 e. The molecule has 151 valence electrons. The first-order valence-corrected chi connectivity index (χ1v) is 9.45. The average Bonchev–Trinajstić information content (AvgIpc) is 3.24. The average molecular weight is 510 g/mol. The van der Waals surface area contributed by atoms with Crippen LogP contribution in [0.5, 0.6) is 0 Å². The fourth-order valence-corrected chi connectivity index (χ4v) is 3.06. The van der Waals surface area contributed by atoms with E-state index in [9.17, 15) is 0 Å². The van der Waals surface area contributed by atoms with Gasteiger partial charge in [-0.05, 0) is 61.4 Å². The van der Waals surface area contributed by atoms with E-state index in [4.69, 9.17) is 56.5 Å². The molecule has 2 aromatic carbocycles. The number of hydrogen-bond acceptors (Lipinski definition) is 6. The van der Waals surface area contributed by atoms with Gasteiger partial charge in [0, 0.05) is 21.2 Å². The van der Waals surface area contributed by atoms with E-state index >= 15 is 0 Å². The van der Waals surface area contributed by atoms with Crippen LogP contribution in [-0.2, 0) is 16.8 Å². The van der Waals surface area contributed by atoms with Gasteiger partial charge in [-0.25, -0.2) is 0 Å². The van der Waals surface area contributed by atoms with Crippen molar-refractivity contribution in [3.8, 4) is 22.9 Å². The fourth-order valence-electron chi connectivity index (χ4n) is 2.37. The third-order valence-electron chi connectivity index (χ3n) is 3.65. The molecule has 4 rings (SSSR count). The maximum absolute atomic E-state index is 5.82. The molecular formula is C18H12Cl2CoN4O2S2. The molecule has 0 N–H and O–H groups in total. The first kappa shape index (κ1) is 23.5. The Kier molecular flexibility index (Phi) is 8.38. The van der Waals surface area contributed by atoms with E-state index < -0.39 is 0 Å². The van der Waals surface area contributed by atoms with Crippen LogP contribution in [0.25, 0.3) is 22.9 Å². The third-order valence-corrected chi connectivity index (χ3v) is 4.45. The second kappa shape index (κ2) is 10.3. The number of aromatic nitrogens is 4. The Morgan fingerprint density at radius 2 is 1.14 bits per heavy atom. The summed E-state index contributed by atoms with van der Waals surface area (Å²) in [7, 11) is 0. The molecular weight excluding hydrogens is 498 g/mol. The summed E-state index contributed by atoms with van der Waals surface area (Å²) in [5, 5.41) is 16.2. The number of benzene rings is 2. The Morgan fingerprint density at radius 1 is 0.759 bits per heavy atom. The third kappa shape index (κ3) is 6.11. The second-order valence-corrected chi connectivity index (χ2v) is 7.24. The summed E-state index contributed by atoms with van der Waals surface area (Å²) < 4.78 is 10.3. The van der Waals surface area contributed by atoms with E-state index in [2.05, 4.69) is 20.4 Å². The molecule has 0 aliphatic rings. The minimum absolute atomic E-state index is 0. The maximum Gasteiger partial charge on any atom is 2.00 e. The summed E-state index contributed by atoms with van der Waals surface area (Å²) in [4.78, 5) is 0.295. The van der Waals surface area contributed by atoms with Crippen LogP contribution < -0.4 is 10.2 Å². The number of rotatable bonds is 2. The van der Waals surface area contributed by atoms with Gasteiger partial charge in [-0.2, -0.15) is 0 Å². The molecule has 2 aromatic heterocycles. The molecule has 2 heterocycles. The van der Waals surface area contributed by atoms with Gasteiger partial charge in [0.2, 0.25) is 11.8 Å². The van der Waals surface area contributed by atoms with Gasteiger partial charge in [0.25, 0.3) is 0 Å². The van der Waals surface area contributed by atoms with Crippen molar-refractivity contribution in [3.63, 3.8) is 0 Å². The molecule has 0 saturated carbocycles. The number of halogens is 2. The van der Waals surface area contributed by atoms with Crippen molar-refractivity contribution in [1.29, 1.82) is 0 Å². The molecule has 11 heteroatoms. The number of aryl methyl sites for hydroxylation is 2. The van der Waals surface area contributed by atoms with Gasteiger partial charge < -0.3 is 29.2 Å². The molecule has 0 unspecified atom stereocenters. The Bertz CT molecular complexity index is 1140. The zero-order valence-corrected chi connectivity index (χ0v) is 19.2. The molecule has 0 fully saturated rings. The SMILES string of the molecule is Cc1cc(Cl)ccc1-c1n[n-]c(=S)o1.Cc1cc(Cl)ccc1-c1n[n-]c(=S)o1.[Co+2]. The van der Waals surface area contributed by atoms with E-state index in [0.29, 0.717) is 21.8 Å². The van der Waals surface area contributed by atoms with Crippen LogP contribution in [-0.4, -0.2) is 10.2 Å². The summed E-state index contributed by atoms with van der Waals surface area (Å²) in [6.45, 7) is 3.85. The van der Waals surface area contributed by atoms with Crippen molar-refractivity contribution in [2.24, 2.45) is 0 Å². The van der Waals surface area contributed by atoms with Crippen LogP contribution in [0, 0.1) is 23.5 Å². The van der Waals surface area contributed by atoms with Gasteiger partial charge in [0.15, 0.2) is 0 Å². The van der Waals surface area contributed by atoms with Crippen LogP contribution in [0.4, 0.5) is 0 Å².